The third-order valence-corrected chi connectivity index (χ3v) is 3.17. The van der Waals surface area contributed by atoms with E-state index in [1.165, 1.54) is 12.1 Å². The largest absolute Gasteiger partial charge is 0.337 e. The minimum atomic E-state index is -0.438. The van der Waals surface area contributed by atoms with Gasteiger partial charge in [0.25, 0.3) is 5.69 Å². The molecule has 0 saturated heterocycles. The van der Waals surface area contributed by atoms with Gasteiger partial charge in [-0.25, -0.2) is 0 Å². The first-order valence-corrected chi connectivity index (χ1v) is 6.33. The van der Waals surface area contributed by atoms with Crippen molar-refractivity contribution in [3.05, 3.63) is 39.8 Å². The Morgan fingerprint density at radius 2 is 2.25 bits per heavy atom. The summed E-state index contributed by atoms with van der Waals surface area (Å²) in [6.07, 6.45) is 0.812. The van der Waals surface area contributed by atoms with E-state index in [0.29, 0.717) is 17.3 Å². The molecule has 0 amide bonds. The number of aryl methyl sites for hydroxylation is 1. The summed E-state index contributed by atoms with van der Waals surface area (Å²) in [5, 5.41) is 17.8. The lowest BCUT2D eigenvalue weighted by molar-refractivity contribution is -0.384. The standard InChI is InChI=1S/C13H16N4O3/c1-4-11(14-3)13-15-12(16-20-13)10-7-9(17(18)19)6-5-8(10)2/h5-7,11,14H,4H2,1-3H3. The van der Waals surface area contributed by atoms with E-state index < -0.39 is 4.92 Å². The summed E-state index contributed by atoms with van der Waals surface area (Å²) >= 11 is 0. The van der Waals surface area contributed by atoms with Crippen LogP contribution < -0.4 is 5.32 Å². The molecule has 7 heteroatoms. The summed E-state index contributed by atoms with van der Waals surface area (Å²) in [7, 11) is 1.82. The predicted octanol–water partition coefficient (Wildman–Crippen LogP) is 2.62. The van der Waals surface area contributed by atoms with E-state index in [2.05, 4.69) is 15.5 Å². The molecule has 0 fully saturated rings. The number of nitro groups is 1. The molecule has 0 aliphatic heterocycles. The highest BCUT2D eigenvalue weighted by Gasteiger charge is 2.18. The molecule has 0 aliphatic rings. The zero-order valence-electron chi connectivity index (χ0n) is 11.6. The average molecular weight is 276 g/mol. The Hall–Kier alpha value is -2.28. The van der Waals surface area contributed by atoms with Crippen molar-refractivity contribution in [3.8, 4) is 11.4 Å². The van der Waals surface area contributed by atoms with E-state index >= 15 is 0 Å². The van der Waals surface area contributed by atoms with Crippen LogP contribution in [0.3, 0.4) is 0 Å². The van der Waals surface area contributed by atoms with E-state index in [9.17, 15) is 10.1 Å². The van der Waals surface area contributed by atoms with Crippen LogP contribution in [0.25, 0.3) is 11.4 Å². The molecule has 0 aliphatic carbocycles. The van der Waals surface area contributed by atoms with E-state index in [1.807, 2.05) is 20.9 Å². The van der Waals surface area contributed by atoms with Gasteiger partial charge in [0.2, 0.25) is 11.7 Å². The second kappa shape index (κ2) is 5.79. The van der Waals surface area contributed by atoms with Crippen LogP contribution in [0.15, 0.2) is 22.7 Å². The third-order valence-electron chi connectivity index (χ3n) is 3.17. The van der Waals surface area contributed by atoms with Gasteiger partial charge in [-0.15, -0.1) is 0 Å². The van der Waals surface area contributed by atoms with Gasteiger partial charge in [0.15, 0.2) is 0 Å². The number of hydrogen-bond acceptors (Lipinski definition) is 6. The fraction of sp³-hybridized carbons (Fsp3) is 0.385. The van der Waals surface area contributed by atoms with Crippen LogP contribution in [0, 0.1) is 17.0 Å². The minimum absolute atomic E-state index is 0.0117. The summed E-state index contributed by atoms with van der Waals surface area (Å²) in [6, 6.07) is 4.58. The third kappa shape index (κ3) is 2.67. The van der Waals surface area contributed by atoms with E-state index in [1.54, 1.807) is 6.07 Å². The topological polar surface area (TPSA) is 94.1 Å². The van der Waals surface area contributed by atoms with Gasteiger partial charge >= 0.3 is 0 Å². The normalized spacial score (nSPS) is 12.3. The lowest BCUT2D eigenvalue weighted by Gasteiger charge is -2.06. The smallest absolute Gasteiger partial charge is 0.270 e. The first kappa shape index (κ1) is 14.1. The van der Waals surface area contributed by atoms with E-state index in [4.69, 9.17) is 4.52 Å². The molecule has 0 bridgehead atoms. The molecule has 2 aromatic rings. The summed E-state index contributed by atoms with van der Waals surface area (Å²) in [5.41, 5.74) is 1.48. The van der Waals surface area contributed by atoms with Gasteiger partial charge in [-0.05, 0) is 26.0 Å². The van der Waals surface area contributed by atoms with Gasteiger partial charge in [-0.1, -0.05) is 18.1 Å². The van der Waals surface area contributed by atoms with Crippen LogP contribution in [-0.4, -0.2) is 22.1 Å². The number of aromatic nitrogens is 2. The van der Waals surface area contributed by atoms with Crippen LogP contribution in [0.5, 0.6) is 0 Å². The quantitative estimate of drug-likeness (QED) is 0.666. The molecule has 20 heavy (non-hydrogen) atoms. The SMILES string of the molecule is CCC(NC)c1nc(-c2cc([N+](=O)[O-])ccc2C)no1. The van der Waals surface area contributed by atoms with Crippen LogP contribution >= 0.6 is 0 Å². The molecule has 1 N–H and O–H groups in total. The van der Waals surface area contributed by atoms with Crippen LogP contribution in [0.2, 0.25) is 0 Å². The van der Waals surface area contributed by atoms with Gasteiger partial charge in [0.1, 0.15) is 0 Å². The first-order valence-electron chi connectivity index (χ1n) is 6.33. The Kier molecular flexibility index (Phi) is 4.09. The summed E-state index contributed by atoms with van der Waals surface area (Å²) in [4.78, 5) is 14.7. The molecule has 2 rings (SSSR count). The minimum Gasteiger partial charge on any atom is -0.337 e. The summed E-state index contributed by atoms with van der Waals surface area (Å²) < 4.78 is 5.22. The number of hydrogen-bond donors (Lipinski definition) is 1. The van der Waals surface area contributed by atoms with E-state index in [-0.39, 0.29) is 11.7 Å². The molecule has 1 aromatic heterocycles. The molecule has 7 nitrogen and oxygen atoms in total. The number of nitrogens with one attached hydrogen (secondary N) is 1. The Labute approximate surface area is 116 Å². The summed E-state index contributed by atoms with van der Waals surface area (Å²) in [5.74, 6) is 0.853. The van der Waals surface area contributed by atoms with Crippen LogP contribution in [0.1, 0.15) is 30.8 Å². The monoisotopic (exact) mass is 276 g/mol. The van der Waals surface area contributed by atoms with Gasteiger partial charge in [0, 0.05) is 17.7 Å². The van der Waals surface area contributed by atoms with Gasteiger partial charge in [0.05, 0.1) is 11.0 Å². The fourth-order valence-corrected chi connectivity index (χ4v) is 1.95. The number of non-ortho nitro benzene ring substituents is 1. The zero-order valence-corrected chi connectivity index (χ0v) is 11.6. The lowest BCUT2D eigenvalue weighted by Crippen LogP contribution is -2.15. The second-order valence-corrected chi connectivity index (χ2v) is 4.46. The van der Waals surface area contributed by atoms with Crippen molar-refractivity contribution in [1.29, 1.82) is 0 Å². The fourth-order valence-electron chi connectivity index (χ4n) is 1.95. The number of nitro benzene ring substituents is 1. The zero-order chi connectivity index (χ0) is 14.7. The maximum Gasteiger partial charge on any atom is 0.270 e. The molecule has 1 heterocycles. The maximum absolute atomic E-state index is 10.8. The lowest BCUT2D eigenvalue weighted by atomic mass is 10.1. The molecular formula is C13H16N4O3. The Morgan fingerprint density at radius 3 is 2.85 bits per heavy atom. The van der Waals surface area contributed by atoms with Gasteiger partial charge < -0.3 is 9.84 Å². The Morgan fingerprint density at radius 1 is 1.50 bits per heavy atom. The number of benzene rings is 1. The molecular weight excluding hydrogens is 260 g/mol. The predicted molar refractivity (Wildman–Crippen MR) is 73.2 cm³/mol. The maximum atomic E-state index is 10.8. The highest BCUT2D eigenvalue weighted by Crippen LogP contribution is 2.26. The average Bonchev–Trinajstić information content (AvgIpc) is 2.90. The first-order chi connectivity index (χ1) is 9.56. The summed E-state index contributed by atoms with van der Waals surface area (Å²) in [6.45, 7) is 3.86. The molecule has 106 valence electrons. The van der Waals surface area contributed by atoms with Crippen molar-refractivity contribution in [1.82, 2.24) is 15.5 Å². The van der Waals surface area contributed by atoms with Crippen LogP contribution in [-0.2, 0) is 0 Å². The molecule has 0 radical (unpaired) electrons. The molecule has 1 unspecified atom stereocenters. The van der Waals surface area contributed by atoms with Crippen molar-refractivity contribution in [2.45, 2.75) is 26.3 Å². The van der Waals surface area contributed by atoms with Crippen molar-refractivity contribution < 1.29 is 9.45 Å². The molecule has 0 saturated carbocycles. The molecule has 0 spiro atoms. The second-order valence-electron chi connectivity index (χ2n) is 4.46. The van der Waals surface area contributed by atoms with Crippen molar-refractivity contribution >= 4 is 5.69 Å². The number of nitrogens with zero attached hydrogens (tertiary/aromatic N) is 3. The Bertz CT molecular complexity index is 620. The van der Waals surface area contributed by atoms with Gasteiger partial charge in [-0.3, -0.25) is 10.1 Å². The van der Waals surface area contributed by atoms with Crippen LogP contribution in [0.4, 0.5) is 5.69 Å². The molecule has 1 aromatic carbocycles. The number of rotatable bonds is 5. The van der Waals surface area contributed by atoms with Crippen molar-refractivity contribution in [3.63, 3.8) is 0 Å². The van der Waals surface area contributed by atoms with Crippen molar-refractivity contribution in [2.24, 2.45) is 0 Å². The van der Waals surface area contributed by atoms with E-state index in [0.717, 1.165) is 12.0 Å². The van der Waals surface area contributed by atoms with Crippen molar-refractivity contribution in [2.75, 3.05) is 7.05 Å². The highest BCUT2D eigenvalue weighted by atomic mass is 16.6. The van der Waals surface area contributed by atoms with Gasteiger partial charge in [-0.2, -0.15) is 4.98 Å². The molecule has 1 atom stereocenters. The highest BCUT2D eigenvalue weighted by molar-refractivity contribution is 5.63. The Balaban J connectivity index is 2.41.